The summed E-state index contributed by atoms with van der Waals surface area (Å²) >= 11 is 0. The van der Waals surface area contributed by atoms with Crippen LogP contribution in [0.5, 0.6) is 0 Å². The predicted octanol–water partition coefficient (Wildman–Crippen LogP) is 0.214. The number of benzene rings is 1. The van der Waals surface area contributed by atoms with E-state index in [1.807, 2.05) is 25.1 Å². The smallest absolute Gasteiger partial charge is 0.328 e. The van der Waals surface area contributed by atoms with E-state index in [0.717, 1.165) is 21.5 Å². The van der Waals surface area contributed by atoms with Crippen molar-refractivity contribution in [1.82, 2.24) is 24.7 Å². The number of amides is 4. The van der Waals surface area contributed by atoms with Gasteiger partial charge >= 0.3 is 11.7 Å². The number of carbonyl (C=O) groups is 3. The van der Waals surface area contributed by atoms with Crippen molar-refractivity contribution >= 4 is 28.9 Å². The second-order valence-corrected chi connectivity index (χ2v) is 6.70. The van der Waals surface area contributed by atoms with Gasteiger partial charge in [-0.25, -0.2) is 9.59 Å². The van der Waals surface area contributed by atoms with E-state index in [9.17, 15) is 19.2 Å². The second kappa shape index (κ2) is 7.26. The van der Waals surface area contributed by atoms with Crippen molar-refractivity contribution in [2.24, 2.45) is 14.1 Å². The SMILES string of the molecule is CCCN1C(=O)N[C@@H](CC(=O)NCc2ccc3c(c2)n(C)c(=O)n3C)C1=O. The lowest BCUT2D eigenvalue weighted by molar-refractivity contribution is -0.130. The molecule has 2 N–H and O–H groups in total. The van der Waals surface area contributed by atoms with Gasteiger partial charge in [-0.2, -0.15) is 0 Å². The summed E-state index contributed by atoms with van der Waals surface area (Å²) in [6.07, 6.45) is 0.569. The van der Waals surface area contributed by atoms with Crippen LogP contribution < -0.4 is 16.3 Å². The van der Waals surface area contributed by atoms with Crippen LogP contribution in [0.15, 0.2) is 23.0 Å². The lowest BCUT2D eigenvalue weighted by atomic mass is 10.1. The highest BCUT2D eigenvalue weighted by atomic mass is 16.2. The molecule has 27 heavy (non-hydrogen) atoms. The number of urea groups is 1. The van der Waals surface area contributed by atoms with Gasteiger partial charge in [0.1, 0.15) is 6.04 Å². The van der Waals surface area contributed by atoms with Crippen LogP contribution in [0.1, 0.15) is 25.3 Å². The van der Waals surface area contributed by atoms with E-state index in [4.69, 9.17) is 0 Å². The molecule has 9 heteroatoms. The minimum atomic E-state index is -0.818. The summed E-state index contributed by atoms with van der Waals surface area (Å²) in [6, 6.07) is 4.26. The molecule has 0 unspecified atom stereocenters. The number of aromatic nitrogens is 2. The minimum Gasteiger partial charge on any atom is -0.352 e. The summed E-state index contributed by atoms with van der Waals surface area (Å²) in [5.41, 5.74) is 2.32. The van der Waals surface area contributed by atoms with Crippen LogP contribution in [0.4, 0.5) is 4.79 Å². The predicted molar refractivity (Wildman–Crippen MR) is 98.9 cm³/mol. The number of aryl methyl sites for hydroxylation is 2. The van der Waals surface area contributed by atoms with Crippen molar-refractivity contribution in [3.05, 3.63) is 34.2 Å². The molecule has 0 radical (unpaired) electrons. The quantitative estimate of drug-likeness (QED) is 0.706. The number of imide groups is 1. The van der Waals surface area contributed by atoms with Gasteiger partial charge in [-0.15, -0.1) is 0 Å². The maximum absolute atomic E-state index is 12.2. The third-order valence-electron chi connectivity index (χ3n) is 4.77. The average molecular weight is 373 g/mol. The fourth-order valence-corrected chi connectivity index (χ4v) is 3.27. The Labute approximate surface area is 155 Å². The molecule has 9 nitrogen and oxygen atoms in total. The Hall–Kier alpha value is -3.10. The van der Waals surface area contributed by atoms with Gasteiger partial charge in [-0.1, -0.05) is 13.0 Å². The van der Waals surface area contributed by atoms with Gasteiger partial charge in [-0.3, -0.25) is 23.6 Å². The summed E-state index contributed by atoms with van der Waals surface area (Å²) in [5.74, 6) is -0.688. The number of rotatable bonds is 6. The zero-order chi connectivity index (χ0) is 19.7. The topological polar surface area (TPSA) is 105 Å². The molecule has 1 saturated heterocycles. The summed E-state index contributed by atoms with van der Waals surface area (Å²) in [6.45, 7) is 2.49. The summed E-state index contributed by atoms with van der Waals surface area (Å²) in [7, 11) is 3.41. The Kier molecular flexibility index (Phi) is 5.02. The zero-order valence-electron chi connectivity index (χ0n) is 15.6. The molecule has 1 fully saturated rings. The van der Waals surface area contributed by atoms with Crippen LogP contribution in [0.3, 0.4) is 0 Å². The molecule has 1 aromatic heterocycles. The molecule has 0 bridgehead atoms. The molecule has 2 heterocycles. The largest absolute Gasteiger partial charge is 0.352 e. The van der Waals surface area contributed by atoms with Gasteiger partial charge in [0.15, 0.2) is 0 Å². The molecule has 144 valence electrons. The highest BCUT2D eigenvalue weighted by molar-refractivity contribution is 6.05. The van der Waals surface area contributed by atoms with E-state index in [1.54, 1.807) is 23.2 Å². The van der Waals surface area contributed by atoms with E-state index in [2.05, 4.69) is 10.6 Å². The lowest BCUT2D eigenvalue weighted by Gasteiger charge is -2.11. The number of hydrogen-bond acceptors (Lipinski definition) is 4. The van der Waals surface area contributed by atoms with E-state index >= 15 is 0 Å². The van der Waals surface area contributed by atoms with E-state index in [-0.39, 0.29) is 30.5 Å². The van der Waals surface area contributed by atoms with Gasteiger partial charge in [0.05, 0.1) is 17.5 Å². The standard InChI is InChI=1S/C18H23N5O4/c1-4-7-23-16(25)12(20-17(23)26)9-15(24)19-10-11-5-6-13-14(8-11)22(3)18(27)21(13)2/h5-6,8,12H,4,7,9-10H2,1-3H3,(H,19,24)(H,20,26)/t12-/m0/s1. The number of nitrogens with one attached hydrogen (secondary N) is 2. The first-order chi connectivity index (χ1) is 12.8. The molecule has 1 aliphatic heterocycles. The molecule has 1 aromatic carbocycles. The van der Waals surface area contributed by atoms with Crippen molar-refractivity contribution < 1.29 is 14.4 Å². The number of carbonyl (C=O) groups excluding carboxylic acids is 3. The van der Waals surface area contributed by atoms with Crippen molar-refractivity contribution in [2.75, 3.05) is 6.54 Å². The summed E-state index contributed by atoms with van der Waals surface area (Å²) in [5, 5.41) is 5.30. The van der Waals surface area contributed by atoms with Gasteiger partial charge in [0.25, 0.3) is 5.91 Å². The molecule has 4 amide bonds. The van der Waals surface area contributed by atoms with Crippen LogP contribution in [0.25, 0.3) is 11.0 Å². The van der Waals surface area contributed by atoms with Crippen LogP contribution in [-0.4, -0.2) is 44.5 Å². The summed E-state index contributed by atoms with van der Waals surface area (Å²) < 4.78 is 3.11. The van der Waals surface area contributed by atoms with Crippen molar-refractivity contribution in [2.45, 2.75) is 32.4 Å². The Morgan fingerprint density at radius 2 is 1.85 bits per heavy atom. The first-order valence-electron chi connectivity index (χ1n) is 8.86. The highest BCUT2D eigenvalue weighted by Gasteiger charge is 2.38. The molecule has 1 atom stereocenters. The summed E-state index contributed by atoms with van der Waals surface area (Å²) in [4.78, 5) is 49.2. The highest BCUT2D eigenvalue weighted by Crippen LogP contribution is 2.14. The number of imidazole rings is 1. The fraction of sp³-hybridized carbons (Fsp3) is 0.444. The minimum absolute atomic E-state index is 0.100. The lowest BCUT2D eigenvalue weighted by Crippen LogP contribution is -2.36. The normalized spacial score (nSPS) is 16.9. The molecule has 0 saturated carbocycles. The van der Waals surface area contributed by atoms with Crippen LogP contribution in [-0.2, 0) is 30.2 Å². The van der Waals surface area contributed by atoms with Gasteiger partial charge in [0, 0.05) is 27.2 Å². The first kappa shape index (κ1) is 18.7. The Morgan fingerprint density at radius 1 is 1.15 bits per heavy atom. The second-order valence-electron chi connectivity index (χ2n) is 6.70. The van der Waals surface area contributed by atoms with Crippen LogP contribution >= 0.6 is 0 Å². The molecule has 2 aromatic rings. The fourth-order valence-electron chi connectivity index (χ4n) is 3.27. The van der Waals surface area contributed by atoms with E-state index in [0.29, 0.717) is 13.0 Å². The number of fused-ring (bicyclic) bond motifs is 1. The van der Waals surface area contributed by atoms with E-state index in [1.165, 1.54) is 0 Å². The maximum Gasteiger partial charge on any atom is 0.328 e. The van der Waals surface area contributed by atoms with Gasteiger partial charge < -0.3 is 10.6 Å². The van der Waals surface area contributed by atoms with Crippen LogP contribution in [0.2, 0.25) is 0 Å². The van der Waals surface area contributed by atoms with Gasteiger partial charge in [-0.05, 0) is 24.1 Å². The third-order valence-corrected chi connectivity index (χ3v) is 4.77. The number of nitrogens with zero attached hydrogens (tertiary/aromatic N) is 3. The van der Waals surface area contributed by atoms with Crippen molar-refractivity contribution in [3.8, 4) is 0 Å². The van der Waals surface area contributed by atoms with Gasteiger partial charge in [0.2, 0.25) is 5.91 Å². The average Bonchev–Trinajstić information content (AvgIpc) is 3.03. The number of hydrogen-bond donors (Lipinski definition) is 2. The Morgan fingerprint density at radius 3 is 2.56 bits per heavy atom. The van der Waals surface area contributed by atoms with Crippen molar-refractivity contribution in [1.29, 1.82) is 0 Å². The van der Waals surface area contributed by atoms with Crippen molar-refractivity contribution in [3.63, 3.8) is 0 Å². The first-order valence-corrected chi connectivity index (χ1v) is 8.86. The molecule has 0 aliphatic carbocycles. The molecule has 3 rings (SSSR count). The molecular weight excluding hydrogens is 350 g/mol. The van der Waals surface area contributed by atoms with Crippen LogP contribution in [0, 0.1) is 0 Å². The molecular formula is C18H23N5O4. The Bertz CT molecular complexity index is 974. The monoisotopic (exact) mass is 373 g/mol. The maximum atomic E-state index is 12.2. The zero-order valence-corrected chi connectivity index (χ0v) is 15.6. The van der Waals surface area contributed by atoms with E-state index < -0.39 is 12.1 Å². The molecule has 0 spiro atoms. The molecule has 1 aliphatic rings. The third kappa shape index (κ3) is 3.44. The Balaban J connectivity index is 1.62.